The van der Waals surface area contributed by atoms with Crippen molar-refractivity contribution in [2.75, 3.05) is 14.2 Å². The molecule has 0 atom stereocenters. The van der Waals surface area contributed by atoms with Crippen LogP contribution in [-0.4, -0.2) is 26.3 Å². The average molecular weight is 334 g/mol. The molecule has 0 saturated carbocycles. The first-order valence-electron chi connectivity index (χ1n) is 7.75. The van der Waals surface area contributed by atoms with Gasteiger partial charge in [-0.25, -0.2) is 5.43 Å². The molecule has 3 aromatic rings. The second-order valence-electron chi connectivity index (χ2n) is 5.40. The molecule has 0 heterocycles. The molecule has 1 N–H and O–H groups in total. The summed E-state index contributed by atoms with van der Waals surface area (Å²) in [6, 6.07) is 18.6. The zero-order chi connectivity index (χ0) is 17.6. The first-order valence-corrected chi connectivity index (χ1v) is 7.75. The molecule has 25 heavy (non-hydrogen) atoms. The summed E-state index contributed by atoms with van der Waals surface area (Å²) in [4.78, 5) is 12.0. The summed E-state index contributed by atoms with van der Waals surface area (Å²) >= 11 is 0. The Morgan fingerprint density at radius 3 is 2.24 bits per heavy atom. The number of ether oxygens (including phenoxy) is 2. The Hall–Kier alpha value is -3.34. The minimum absolute atomic E-state index is 0.274. The average Bonchev–Trinajstić information content (AvgIpc) is 2.67. The van der Waals surface area contributed by atoms with Gasteiger partial charge in [0.2, 0.25) is 0 Å². The number of amides is 1. The molecule has 0 unspecified atom stereocenters. The van der Waals surface area contributed by atoms with E-state index in [9.17, 15) is 4.79 Å². The Kier molecular flexibility index (Phi) is 4.95. The van der Waals surface area contributed by atoms with Gasteiger partial charge in [0.1, 0.15) is 11.5 Å². The second kappa shape index (κ2) is 7.49. The first-order chi connectivity index (χ1) is 12.2. The Morgan fingerprint density at radius 1 is 0.880 bits per heavy atom. The van der Waals surface area contributed by atoms with Crippen molar-refractivity contribution in [1.82, 2.24) is 5.43 Å². The summed E-state index contributed by atoms with van der Waals surface area (Å²) in [5, 5.41) is 6.18. The third-order valence-electron chi connectivity index (χ3n) is 3.80. The molecule has 3 aromatic carbocycles. The number of methoxy groups -OCH3 is 2. The molecule has 0 aromatic heterocycles. The Labute approximate surface area is 145 Å². The largest absolute Gasteiger partial charge is 0.497 e. The van der Waals surface area contributed by atoms with E-state index in [4.69, 9.17) is 9.47 Å². The SMILES string of the molecule is COc1ccc(C(=O)N/N=C\c2ccc3cc(OC)ccc3c2)cc1. The van der Waals surface area contributed by atoms with Crippen LogP contribution in [0.3, 0.4) is 0 Å². The van der Waals surface area contributed by atoms with Gasteiger partial charge in [0.25, 0.3) is 5.91 Å². The number of fused-ring (bicyclic) bond motifs is 1. The van der Waals surface area contributed by atoms with Gasteiger partial charge in [-0.05, 0) is 58.8 Å². The normalized spacial score (nSPS) is 10.8. The van der Waals surface area contributed by atoms with Crippen LogP contribution in [0.5, 0.6) is 11.5 Å². The van der Waals surface area contributed by atoms with E-state index in [1.165, 1.54) is 0 Å². The van der Waals surface area contributed by atoms with Crippen LogP contribution >= 0.6 is 0 Å². The number of nitrogens with zero attached hydrogens (tertiary/aromatic N) is 1. The standard InChI is InChI=1S/C20H18N2O3/c1-24-18-8-5-15(6-9-18)20(23)22-21-13-14-3-4-17-12-19(25-2)10-7-16(17)11-14/h3-13H,1-2H3,(H,22,23)/b21-13-. The van der Waals surface area contributed by atoms with Gasteiger partial charge >= 0.3 is 0 Å². The van der Waals surface area contributed by atoms with Crippen molar-refractivity contribution in [3.8, 4) is 11.5 Å². The Bertz CT molecular complexity index is 918. The summed E-state index contributed by atoms with van der Waals surface area (Å²) in [6.07, 6.45) is 1.62. The van der Waals surface area contributed by atoms with Crippen molar-refractivity contribution in [2.24, 2.45) is 5.10 Å². The molecule has 0 aliphatic heterocycles. The maximum absolute atomic E-state index is 12.0. The Balaban J connectivity index is 1.68. The molecule has 0 bridgehead atoms. The highest BCUT2D eigenvalue weighted by Crippen LogP contribution is 2.21. The molecule has 5 nitrogen and oxygen atoms in total. The van der Waals surface area contributed by atoms with E-state index in [0.717, 1.165) is 22.1 Å². The van der Waals surface area contributed by atoms with Gasteiger partial charge in [0.05, 0.1) is 20.4 Å². The molecule has 0 spiro atoms. The highest BCUT2D eigenvalue weighted by Gasteiger charge is 2.04. The quantitative estimate of drug-likeness (QED) is 0.573. The third kappa shape index (κ3) is 3.95. The molecule has 5 heteroatoms. The number of carbonyl (C=O) groups is 1. The fourth-order valence-corrected chi connectivity index (χ4v) is 2.42. The fraction of sp³-hybridized carbons (Fsp3) is 0.100. The molecule has 0 aliphatic rings. The second-order valence-corrected chi connectivity index (χ2v) is 5.40. The van der Waals surface area contributed by atoms with E-state index >= 15 is 0 Å². The number of carbonyl (C=O) groups excluding carboxylic acids is 1. The number of hydrazone groups is 1. The molecule has 0 aliphatic carbocycles. The van der Waals surface area contributed by atoms with Crippen LogP contribution < -0.4 is 14.9 Å². The Morgan fingerprint density at radius 2 is 1.52 bits per heavy atom. The number of benzene rings is 3. The van der Waals surface area contributed by atoms with E-state index < -0.39 is 0 Å². The van der Waals surface area contributed by atoms with E-state index in [1.54, 1.807) is 44.7 Å². The van der Waals surface area contributed by atoms with Crippen LogP contribution in [0.15, 0.2) is 65.8 Å². The minimum atomic E-state index is -0.274. The smallest absolute Gasteiger partial charge is 0.271 e. The summed E-state index contributed by atoms with van der Waals surface area (Å²) in [6.45, 7) is 0. The van der Waals surface area contributed by atoms with Crippen molar-refractivity contribution >= 4 is 22.9 Å². The summed E-state index contributed by atoms with van der Waals surface area (Å²) < 4.78 is 10.3. The van der Waals surface area contributed by atoms with Crippen LogP contribution in [0.4, 0.5) is 0 Å². The van der Waals surface area contributed by atoms with Crippen molar-refractivity contribution in [3.63, 3.8) is 0 Å². The predicted molar refractivity (Wildman–Crippen MR) is 98.6 cm³/mol. The molecule has 126 valence electrons. The van der Waals surface area contributed by atoms with Gasteiger partial charge < -0.3 is 9.47 Å². The number of nitrogens with one attached hydrogen (secondary N) is 1. The van der Waals surface area contributed by atoms with Crippen molar-refractivity contribution in [1.29, 1.82) is 0 Å². The number of hydrogen-bond acceptors (Lipinski definition) is 4. The van der Waals surface area contributed by atoms with Gasteiger partial charge in [0.15, 0.2) is 0 Å². The topological polar surface area (TPSA) is 59.9 Å². The zero-order valence-corrected chi connectivity index (χ0v) is 14.0. The van der Waals surface area contributed by atoms with Gasteiger partial charge in [-0.2, -0.15) is 5.10 Å². The van der Waals surface area contributed by atoms with Crippen LogP contribution in [-0.2, 0) is 0 Å². The minimum Gasteiger partial charge on any atom is -0.497 e. The van der Waals surface area contributed by atoms with Crippen LogP contribution in [0.1, 0.15) is 15.9 Å². The highest BCUT2D eigenvalue weighted by atomic mass is 16.5. The van der Waals surface area contributed by atoms with Crippen molar-refractivity contribution in [3.05, 3.63) is 71.8 Å². The monoisotopic (exact) mass is 334 g/mol. The van der Waals surface area contributed by atoms with E-state index in [-0.39, 0.29) is 5.91 Å². The van der Waals surface area contributed by atoms with Gasteiger partial charge in [0, 0.05) is 5.56 Å². The van der Waals surface area contributed by atoms with Gasteiger partial charge in [-0.1, -0.05) is 18.2 Å². The maximum Gasteiger partial charge on any atom is 0.271 e. The molecule has 0 radical (unpaired) electrons. The predicted octanol–water partition coefficient (Wildman–Crippen LogP) is 3.62. The van der Waals surface area contributed by atoms with Crippen molar-refractivity contribution in [2.45, 2.75) is 0 Å². The van der Waals surface area contributed by atoms with E-state index in [1.807, 2.05) is 36.4 Å². The highest BCUT2D eigenvalue weighted by molar-refractivity contribution is 5.95. The number of rotatable bonds is 5. The first kappa shape index (κ1) is 16.5. The lowest BCUT2D eigenvalue weighted by Gasteiger charge is -2.04. The summed E-state index contributed by atoms with van der Waals surface area (Å²) in [5.74, 6) is 1.25. The van der Waals surface area contributed by atoms with E-state index in [2.05, 4.69) is 10.5 Å². The summed E-state index contributed by atoms with van der Waals surface area (Å²) in [7, 11) is 3.23. The van der Waals surface area contributed by atoms with Crippen LogP contribution in [0.25, 0.3) is 10.8 Å². The molecule has 3 rings (SSSR count). The van der Waals surface area contributed by atoms with Gasteiger partial charge in [-0.15, -0.1) is 0 Å². The molecular formula is C20H18N2O3. The zero-order valence-electron chi connectivity index (χ0n) is 14.0. The van der Waals surface area contributed by atoms with Crippen LogP contribution in [0, 0.1) is 0 Å². The summed E-state index contributed by atoms with van der Waals surface area (Å²) in [5.41, 5.74) is 3.93. The van der Waals surface area contributed by atoms with E-state index in [0.29, 0.717) is 11.3 Å². The fourth-order valence-electron chi connectivity index (χ4n) is 2.42. The third-order valence-corrected chi connectivity index (χ3v) is 3.80. The van der Waals surface area contributed by atoms with Gasteiger partial charge in [-0.3, -0.25) is 4.79 Å². The lowest BCUT2D eigenvalue weighted by molar-refractivity contribution is 0.0955. The van der Waals surface area contributed by atoms with Crippen molar-refractivity contribution < 1.29 is 14.3 Å². The molecule has 1 amide bonds. The lowest BCUT2D eigenvalue weighted by Crippen LogP contribution is -2.17. The lowest BCUT2D eigenvalue weighted by atomic mass is 10.1. The number of hydrogen-bond donors (Lipinski definition) is 1. The molecular weight excluding hydrogens is 316 g/mol. The molecule has 0 saturated heterocycles. The molecule has 0 fully saturated rings. The maximum atomic E-state index is 12.0. The van der Waals surface area contributed by atoms with Crippen LogP contribution in [0.2, 0.25) is 0 Å².